The smallest absolute Gasteiger partial charge is 0.308 e. The highest BCUT2D eigenvalue weighted by Crippen LogP contribution is 2.38. The number of carbonyl (C=O) groups excluding carboxylic acids is 4. The van der Waals surface area contributed by atoms with E-state index in [1.165, 1.54) is 23.6 Å². The molecule has 32 heavy (non-hydrogen) atoms. The number of hydrogen-bond acceptors (Lipinski definition) is 6. The second kappa shape index (κ2) is 8.31. The zero-order chi connectivity index (χ0) is 23.0. The number of nitrogens with zero attached hydrogens (tertiary/aromatic N) is 1. The highest BCUT2D eigenvalue weighted by molar-refractivity contribution is 8.01. The summed E-state index contributed by atoms with van der Waals surface area (Å²) in [6.07, 6.45) is -1.31. The van der Waals surface area contributed by atoms with Gasteiger partial charge in [-0.2, -0.15) is 0 Å². The Kier molecular flexibility index (Phi) is 5.68. The molecule has 0 aliphatic carbocycles. The summed E-state index contributed by atoms with van der Waals surface area (Å²) < 4.78 is 5.39. The number of carbonyl (C=O) groups is 4. The first kappa shape index (κ1) is 21.9. The normalized spacial score (nSPS) is 19.7. The van der Waals surface area contributed by atoms with Crippen LogP contribution < -0.4 is 15.5 Å². The summed E-state index contributed by atoms with van der Waals surface area (Å²) in [5, 5.41) is 4.92. The van der Waals surface area contributed by atoms with Gasteiger partial charge in [0.1, 0.15) is 5.54 Å². The SMILES string of the molecule is C[C@@H](OC(=O)C[C@@H]1Sc2ccccc2NC1=O)C(=O)N1c2ccccc2NC(=O)C1(C)C. The molecule has 2 heterocycles. The van der Waals surface area contributed by atoms with E-state index in [1.54, 1.807) is 44.2 Å². The van der Waals surface area contributed by atoms with Gasteiger partial charge >= 0.3 is 5.97 Å². The quantitative estimate of drug-likeness (QED) is 0.689. The Morgan fingerprint density at radius 3 is 2.47 bits per heavy atom. The largest absolute Gasteiger partial charge is 0.452 e. The molecule has 0 unspecified atom stereocenters. The van der Waals surface area contributed by atoms with Gasteiger partial charge in [-0.15, -0.1) is 11.8 Å². The first-order chi connectivity index (χ1) is 15.2. The van der Waals surface area contributed by atoms with Crippen LogP contribution in [0.3, 0.4) is 0 Å². The fourth-order valence-corrected chi connectivity index (χ4v) is 4.80. The van der Waals surface area contributed by atoms with Crippen LogP contribution in [0.15, 0.2) is 53.4 Å². The minimum atomic E-state index is -1.17. The Labute approximate surface area is 189 Å². The maximum atomic E-state index is 13.3. The lowest BCUT2D eigenvalue weighted by Crippen LogP contribution is -2.60. The van der Waals surface area contributed by atoms with Gasteiger partial charge in [-0.3, -0.25) is 24.1 Å². The van der Waals surface area contributed by atoms with Crippen molar-refractivity contribution in [3.05, 3.63) is 48.5 Å². The minimum absolute atomic E-state index is 0.178. The van der Waals surface area contributed by atoms with Gasteiger partial charge in [0.2, 0.25) is 11.8 Å². The average molecular weight is 454 g/mol. The summed E-state index contributed by atoms with van der Waals surface area (Å²) in [6, 6.07) is 14.3. The Morgan fingerprint density at radius 2 is 1.72 bits per heavy atom. The molecule has 0 radical (unpaired) electrons. The summed E-state index contributed by atoms with van der Waals surface area (Å²) in [5.74, 6) is -1.80. The number of hydrogen-bond donors (Lipinski definition) is 2. The third-order valence-corrected chi connectivity index (χ3v) is 6.72. The van der Waals surface area contributed by atoms with Crippen LogP contribution in [0.2, 0.25) is 0 Å². The van der Waals surface area contributed by atoms with Crippen LogP contribution in [0.1, 0.15) is 27.2 Å². The predicted octanol–water partition coefficient (Wildman–Crippen LogP) is 3.19. The molecule has 0 spiro atoms. The van der Waals surface area contributed by atoms with Gasteiger partial charge in [-0.25, -0.2) is 0 Å². The number of para-hydroxylation sites is 3. The first-order valence-corrected chi connectivity index (χ1v) is 11.1. The van der Waals surface area contributed by atoms with Crippen molar-refractivity contribution >= 4 is 52.5 Å². The van der Waals surface area contributed by atoms with Crippen LogP contribution in [0.25, 0.3) is 0 Å². The molecule has 9 heteroatoms. The standard InChI is InChI=1S/C23H23N3O5S/c1-13(21(29)26-16-10-6-4-8-14(16)25-22(30)23(26,2)3)31-19(27)12-18-20(28)24-15-9-5-7-11-17(15)32-18/h4-11,13,18H,12H2,1-3H3,(H,24,28)(H,25,30)/t13-,18+/m1/s1. The molecule has 0 saturated carbocycles. The summed E-state index contributed by atoms with van der Waals surface area (Å²) in [4.78, 5) is 53.0. The van der Waals surface area contributed by atoms with Crippen LogP contribution in [0, 0.1) is 0 Å². The first-order valence-electron chi connectivity index (χ1n) is 10.2. The average Bonchev–Trinajstić information content (AvgIpc) is 2.74. The van der Waals surface area contributed by atoms with E-state index in [-0.39, 0.29) is 18.2 Å². The minimum Gasteiger partial charge on any atom is -0.452 e. The zero-order valence-corrected chi connectivity index (χ0v) is 18.7. The molecule has 4 rings (SSSR count). The van der Waals surface area contributed by atoms with Crippen molar-refractivity contribution in [2.24, 2.45) is 0 Å². The molecule has 2 aliphatic rings. The van der Waals surface area contributed by atoms with Gasteiger partial charge in [-0.1, -0.05) is 24.3 Å². The Hall–Kier alpha value is -3.33. The van der Waals surface area contributed by atoms with E-state index in [2.05, 4.69) is 10.6 Å². The molecule has 0 aromatic heterocycles. The fourth-order valence-electron chi connectivity index (χ4n) is 3.70. The van der Waals surface area contributed by atoms with Crippen LogP contribution in [-0.4, -0.2) is 40.6 Å². The molecule has 3 amide bonds. The molecular weight excluding hydrogens is 430 g/mol. The molecule has 2 aliphatic heterocycles. The molecule has 2 aromatic rings. The van der Waals surface area contributed by atoms with Crippen LogP contribution in [-0.2, 0) is 23.9 Å². The maximum Gasteiger partial charge on any atom is 0.308 e. The summed E-state index contributed by atoms with van der Waals surface area (Å²) in [5.41, 5.74) is 0.580. The Morgan fingerprint density at radius 1 is 1.06 bits per heavy atom. The second-order valence-electron chi connectivity index (χ2n) is 8.13. The number of esters is 1. The van der Waals surface area contributed by atoms with Crippen molar-refractivity contribution in [3.8, 4) is 0 Å². The Bertz CT molecular complexity index is 1120. The summed E-state index contributed by atoms with van der Waals surface area (Å²) in [7, 11) is 0. The lowest BCUT2D eigenvalue weighted by atomic mass is 9.95. The van der Waals surface area contributed by atoms with E-state index in [4.69, 9.17) is 4.74 Å². The lowest BCUT2D eigenvalue weighted by Gasteiger charge is -2.42. The molecular formula is C23H23N3O5S. The van der Waals surface area contributed by atoms with Crippen molar-refractivity contribution < 1.29 is 23.9 Å². The topological polar surface area (TPSA) is 105 Å². The zero-order valence-electron chi connectivity index (χ0n) is 17.9. The number of fused-ring (bicyclic) bond motifs is 2. The van der Waals surface area contributed by atoms with Gasteiger partial charge < -0.3 is 15.4 Å². The molecule has 166 valence electrons. The van der Waals surface area contributed by atoms with E-state index in [1.807, 2.05) is 18.2 Å². The Balaban J connectivity index is 1.46. The van der Waals surface area contributed by atoms with E-state index >= 15 is 0 Å². The highest BCUT2D eigenvalue weighted by Gasteiger charge is 2.45. The van der Waals surface area contributed by atoms with Crippen molar-refractivity contribution in [1.29, 1.82) is 0 Å². The van der Waals surface area contributed by atoms with Gasteiger partial charge in [0, 0.05) is 4.90 Å². The van der Waals surface area contributed by atoms with Crippen molar-refractivity contribution in [1.82, 2.24) is 0 Å². The third-order valence-electron chi connectivity index (χ3n) is 5.44. The molecule has 2 aromatic carbocycles. The monoisotopic (exact) mass is 453 g/mol. The molecule has 2 atom stereocenters. The maximum absolute atomic E-state index is 13.3. The predicted molar refractivity (Wildman–Crippen MR) is 122 cm³/mol. The van der Waals surface area contributed by atoms with Gasteiger partial charge in [0.25, 0.3) is 5.91 Å². The number of thioether (sulfide) groups is 1. The van der Waals surface area contributed by atoms with Crippen molar-refractivity contribution in [3.63, 3.8) is 0 Å². The summed E-state index contributed by atoms with van der Waals surface area (Å²) in [6.45, 7) is 4.73. The number of ether oxygens (including phenoxy) is 1. The van der Waals surface area contributed by atoms with Crippen LogP contribution in [0.5, 0.6) is 0 Å². The van der Waals surface area contributed by atoms with Crippen molar-refractivity contribution in [2.45, 2.75) is 49.0 Å². The van der Waals surface area contributed by atoms with Gasteiger partial charge in [-0.05, 0) is 45.0 Å². The lowest BCUT2D eigenvalue weighted by molar-refractivity contribution is -0.154. The number of benzene rings is 2. The number of anilines is 3. The van der Waals surface area contributed by atoms with E-state index < -0.39 is 28.8 Å². The molecule has 0 saturated heterocycles. The molecule has 0 bridgehead atoms. The molecule has 0 fully saturated rings. The fraction of sp³-hybridized carbons (Fsp3) is 0.304. The molecule has 8 nitrogen and oxygen atoms in total. The number of rotatable bonds is 4. The molecule has 2 N–H and O–H groups in total. The van der Waals surface area contributed by atoms with Gasteiger partial charge in [0.05, 0.1) is 28.7 Å². The summed E-state index contributed by atoms with van der Waals surface area (Å²) >= 11 is 1.29. The van der Waals surface area contributed by atoms with Crippen molar-refractivity contribution in [2.75, 3.05) is 15.5 Å². The van der Waals surface area contributed by atoms with Crippen LogP contribution in [0.4, 0.5) is 17.1 Å². The third kappa shape index (κ3) is 3.95. The highest BCUT2D eigenvalue weighted by atomic mass is 32.2. The number of nitrogens with one attached hydrogen (secondary N) is 2. The second-order valence-corrected chi connectivity index (χ2v) is 9.38. The van der Waals surface area contributed by atoms with E-state index in [0.29, 0.717) is 17.1 Å². The number of amides is 3. The van der Waals surface area contributed by atoms with E-state index in [0.717, 1.165) is 4.90 Å². The van der Waals surface area contributed by atoms with E-state index in [9.17, 15) is 19.2 Å². The van der Waals surface area contributed by atoms with Gasteiger partial charge in [0.15, 0.2) is 6.10 Å². The van der Waals surface area contributed by atoms with Crippen LogP contribution >= 0.6 is 11.8 Å².